The van der Waals surface area contributed by atoms with Gasteiger partial charge in [0.2, 0.25) is 0 Å². The molecule has 0 saturated carbocycles. The molecule has 0 amide bonds. The van der Waals surface area contributed by atoms with Crippen LogP contribution in [0.5, 0.6) is 0 Å². The largest absolute Gasteiger partial charge is 0.377 e. The maximum Gasteiger partial charge on any atom is 0.0984 e. The molecule has 0 radical (unpaired) electrons. The Balaban J connectivity index is 1.01. The molecule has 3 aromatic rings. The maximum atomic E-state index is 5.59. The lowest BCUT2D eigenvalue weighted by atomic mass is 9.84. The zero-order chi connectivity index (χ0) is 30.5. The maximum absolute atomic E-state index is 5.59. The third kappa shape index (κ3) is 7.05. The minimum Gasteiger partial charge on any atom is -0.377 e. The molecule has 6 saturated heterocycles. The summed E-state index contributed by atoms with van der Waals surface area (Å²) < 4.78 is 33.4. The van der Waals surface area contributed by atoms with E-state index in [1.165, 1.54) is 33.8 Å². The van der Waals surface area contributed by atoms with Crippen molar-refractivity contribution in [2.24, 2.45) is 0 Å². The molecule has 3 aromatic carbocycles. The number of ether oxygens (including phenoxy) is 6. The number of hydrogen-bond acceptors (Lipinski definition) is 9. The van der Waals surface area contributed by atoms with Crippen molar-refractivity contribution >= 4 is 17.1 Å². The third-order valence-corrected chi connectivity index (χ3v) is 9.91. The SMILES string of the molecule is c1cc(N(CC2CO2)CC2CO2)ccc1C(c1ccc(N(CC2CO2)CC2CO2)cc1)c1ccc(N(C[C@@H]2CO2)C2COC2)cc1. The molecule has 6 fully saturated rings. The van der Waals surface area contributed by atoms with E-state index in [-0.39, 0.29) is 5.92 Å². The molecule has 9 rings (SSSR count). The normalized spacial score (nSPS) is 27.8. The Kier molecular flexibility index (Phi) is 7.85. The van der Waals surface area contributed by atoms with Crippen molar-refractivity contribution in [3.8, 4) is 0 Å². The van der Waals surface area contributed by atoms with E-state index >= 15 is 0 Å². The molecule has 0 bridgehead atoms. The summed E-state index contributed by atoms with van der Waals surface area (Å²) in [5.74, 6) is 0.100. The summed E-state index contributed by atoms with van der Waals surface area (Å²) in [6.07, 6.45) is 1.66. The monoisotopic (exact) mass is 625 g/mol. The summed E-state index contributed by atoms with van der Waals surface area (Å²) in [4.78, 5) is 7.30. The van der Waals surface area contributed by atoms with Crippen LogP contribution in [0.15, 0.2) is 72.8 Å². The van der Waals surface area contributed by atoms with Crippen molar-refractivity contribution in [3.05, 3.63) is 89.5 Å². The zero-order valence-corrected chi connectivity index (χ0v) is 26.2. The van der Waals surface area contributed by atoms with Crippen LogP contribution in [-0.2, 0) is 28.4 Å². The minimum atomic E-state index is 0.100. The Morgan fingerprint density at radius 3 is 1.07 bits per heavy atom. The van der Waals surface area contributed by atoms with E-state index in [4.69, 9.17) is 28.4 Å². The molecular formula is C37H43N3O6. The highest BCUT2D eigenvalue weighted by atomic mass is 16.6. The average molecular weight is 626 g/mol. The number of rotatable bonds is 17. The fourth-order valence-corrected chi connectivity index (χ4v) is 6.70. The second-order valence-corrected chi connectivity index (χ2v) is 13.6. The zero-order valence-electron chi connectivity index (χ0n) is 26.2. The highest BCUT2D eigenvalue weighted by Gasteiger charge is 2.34. The number of anilines is 3. The first kappa shape index (κ1) is 29.0. The fraction of sp³-hybridized carbons (Fsp3) is 0.514. The first-order valence-corrected chi connectivity index (χ1v) is 16.9. The fourth-order valence-electron chi connectivity index (χ4n) is 6.70. The molecule has 0 aliphatic carbocycles. The molecule has 46 heavy (non-hydrogen) atoms. The average Bonchev–Trinajstić information content (AvgIpc) is 3.86. The van der Waals surface area contributed by atoms with Gasteiger partial charge in [-0.25, -0.2) is 0 Å². The molecule has 5 atom stereocenters. The predicted molar refractivity (Wildman–Crippen MR) is 175 cm³/mol. The second-order valence-electron chi connectivity index (χ2n) is 13.6. The van der Waals surface area contributed by atoms with Crippen LogP contribution in [-0.4, -0.2) is 116 Å². The smallest absolute Gasteiger partial charge is 0.0984 e. The predicted octanol–water partition coefficient (Wildman–Crippen LogP) is 3.68. The van der Waals surface area contributed by atoms with E-state index < -0.39 is 0 Å². The number of epoxide rings is 5. The van der Waals surface area contributed by atoms with Crippen LogP contribution >= 0.6 is 0 Å². The Hall–Kier alpha value is -3.18. The summed E-state index contributed by atoms with van der Waals surface area (Å²) in [5.41, 5.74) is 7.51. The van der Waals surface area contributed by atoms with Crippen molar-refractivity contribution in [2.75, 3.05) is 93.7 Å². The summed E-state index contributed by atoms with van der Waals surface area (Å²) in [7, 11) is 0. The van der Waals surface area contributed by atoms with E-state index in [9.17, 15) is 0 Å². The van der Waals surface area contributed by atoms with E-state index in [0.29, 0.717) is 36.6 Å². The molecule has 9 heteroatoms. The summed E-state index contributed by atoms with van der Waals surface area (Å²) >= 11 is 0. The highest BCUT2D eigenvalue weighted by Crippen LogP contribution is 2.36. The molecular weight excluding hydrogens is 582 g/mol. The van der Waals surface area contributed by atoms with Crippen molar-refractivity contribution < 1.29 is 28.4 Å². The van der Waals surface area contributed by atoms with E-state index in [1.54, 1.807) is 0 Å². The minimum absolute atomic E-state index is 0.100. The number of benzene rings is 3. The van der Waals surface area contributed by atoms with Crippen LogP contribution in [0.3, 0.4) is 0 Å². The van der Waals surface area contributed by atoms with Crippen LogP contribution in [0, 0.1) is 0 Å². The molecule has 0 N–H and O–H groups in total. The van der Waals surface area contributed by atoms with Crippen LogP contribution in [0.4, 0.5) is 17.1 Å². The van der Waals surface area contributed by atoms with E-state index in [0.717, 1.165) is 79.0 Å². The Labute approximate surface area is 270 Å². The van der Waals surface area contributed by atoms with Crippen LogP contribution in [0.1, 0.15) is 22.6 Å². The lowest BCUT2D eigenvalue weighted by molar-refractivity contribution is 0.00764. The quantitative estimate of drug-likeness (QED) is 0.165. The van der Waals surface area contributed by atoms with Crippen molar-refractivity contribution in [3.63, 3.8) is 0 Å². The van der Waals surface area contributed by atoms with E-state index in [2.05, 4.69) is 87.5 Å². The van der Waals surface area contributed by atoms with Gasteiger partial charge in [-0.2, -0.15) is 0 Å². The first-order chi connectivity index (χ1) is 22.7. The number of hydrogen-bond donors (Lipinski definition) is 0. The van der Waals surface area contributed by atoms with Crippen LogP contribution in [0.2, 0.25) is 0 Å². The van der Waals surface area contributed by atoms with Gasteiger partial charge in [-0.15, -0.1) is 0 Å². The summed E-state index contributed by atoms with van der Waals surface area (Å²) in [5, 5.41) is 0. The Bertz CT molecular complexity index is 1360. The van der Waals surface area contributed by atoms with Gasteiger partial charge in [0, 0.05) is 55.7 Å². The van der Waals surface area contributed by atoms with Gasteiger partial charge in [0.1, 0.15) is 0 Å². The molecule has 0 spiro atoms. The Morgan fingerprint density at radius 2 is 0.761 bits per heavy atom. The van der Waals surface area contributed by atoms with Crippen molar-refractivity contribution in [1.82, 2.24) is 0 Å². The molecule has 6 heterocycles. The summed E-state index contributed by atoms with van der Waals surface area (Å²) in [6.45, 7) is 10.4. The molecule has 6 aliphatic heterocycles. The van der Waals surface area contributed by atoms with Crippen LogP contribution in [0.25, 0.3) is 0 Å². The van der Waals surface area contributed by atoms with Gasteiger partial charge in [-0.3, -0.25) is 0 Å². The highest BCUT2D eigenvalue weighted by molar-refractivity contribution is 5.57. The van der Waals surface area contributed by atoms with Crippen LogP contribution < -0.4 is 14.7 Å². The van der Waals surface area contributed by atoms with Gasteiger partial charge in [0.05, 0.1) is 82.8 Å². The first-order valence-electron chi connectivity index (χ1n) is 16.9. The lowest BCUT2D eigenvalue weighted by Gasteiger charge is -2.39. The van der Waals surface area contributed by atoms with Crippen molar-refractivity contribution in [1.29, 1.82) is 0 Å². The molecule has 9 nitrogen and oxygen atoms in total. The Morgan fingerprint density at radius 1 is 0.435 bits per heavy atom. The van der Waals surface area contributed by atoms with E-state index in [1.807, 2.05) is 0 Å². The molecule has 242 valence electrons. The van der Waals surface area contributed by atoms with Gasteiger partial charge in [0.25, 0.3) is 0 Å². The van der Waals surface area contributed by atoms with Gasteiger partial charge in [-0.05, 0) is 53.1 Å². The third-order valence-electron chi connectivity index (χ3n) is 9.91. The van der Waals surface area contributed by atoms with Gasteiger partial charge < -0.3 is 43.1 Å². The van der Waals surface area contributed by atoms with Gasteiger partial charge in [0.15, 0.2) is 0 Å². The second kappa shape index (κ2) is 12.4. The number of nitrogens with zero attached hydrogens (tertiary/aromatic N) is 3. The molecule has 6 aliphatic rings. The molecule has 4 unspecified atom stereocenters. The lowest BCUT2D eigenvalue weighted by Crippen LogP contribution is -2.50. The summed E-state index contributed by atoms with van der Waals surface area (Å²) in [6, 6.07) is 27.9. The van der Waals surface area contributed by atoms with Crippen molar-refractivity contribution in [2.45, 2.75) is 42.5 Å². The topological polar surface area (TPSA) is 81.6 Å². The van der Waals surface area contributed by atoms with Gasteiger partial charge in [-0.1, -0.05) is 36.4 Å². The van der Waals surface area contributed by atoms with Gasteiger partial charge >= 0.3 is 0 Å². The molecule has 0 aromatic heterocycles. The standard InChI is InChI=1S/C37H43N3O6/c1-7-28(38(13-32-20-42-32)14-33-21-43-33)8-2-25(1)37(26-3-9-29(10-4-26)39(15-34-22-44-34)16-35-23-45-35)27-5-11-30(12-6-27)40(17-36-24-46-36)31-18-41-19-31/h1-12,31-37H,13-24H2/t32?,33?,34?,35?,36-,37?/m1/s1.